The van der Waals surface area contributed by atoms with Crippen LogP contribution >= 0.6 is 0 Å². The Morgan fingerprint density at radius 2 is 1.68 bits per heavy atom. The van der Waals surface area contributed by atoms with Crippen molar-refractivity contribution >= 4 is 17.5 Å². The van der Waals surface area contributed by atoms with Crippen LogP contribution in [0.1, 0.15) is 11.3 Å². The van der Waals surface area contributed by atoms with Crippen molar-refractivity contribution in [2.45, 2.75) is 19.1 Å². The van der Waals surface area contributed by atoms with Gasteiger partial charge in [-0.2, -0.15) is 0 Å². The second-order valence-electron chi connectivity index (χ2n) is 8.74. The summed E-state index contributed by atoms with van der Waals surface area (Å²) >= 11 is 0. The van der Waals surface area contributed by atoms with Gasteiger partial charge in [0, 0.05) is 37.2 Å². The topological polar surface area (TPSA) is 90.6 Å². The van der Waals surface area contributed by atoms with Crippen LogP contribution in [0.4, 0.5) is 10.1 Å². The molecule has 1 aliphatic heterocycles. The average Bonchev–Trinajstić information content (AvgIpc) is 3.57. The maximum atomic E-state index is 13.5. The Labute approximate surface area is 213 Å². The van der Waals surface area contributed by atoms with E-state index >= 15 is 0 Å². The number of carbonyl (C=O) groups excluding carboxylic acids is 2. The van der Waals surface area contributed by atoms with E-state index in [1.54, 1.807) is 47.5 Å². The number of halogens is 1. The predicted molar refractivity (Wildman–Crippen MR) is 136 cm³/mol. The molecule has 1 atom stereocenters. The first kappa shape index (κ1) is 24.2. The highest BCUT2D eigenvalue weighted by molar-refractivity contribution is 5.97. The molecule has 0 aliphatic carbocycles. The smallest absolute Gasteiger partial charge is 0.262 e. The molecule has 0 saturated carbocycles. The molecule has 1 fully saturated rings. The zero-order valence-corrected chi connectivity index (χ0v) is 20.0. The molecule has 0 radical (unpaired) electrons. The lowest BCUT2D eigenvalue weighted by molar-refractivity contribution is -0.139. The molecule has 1 saturated heterocycles. The minimum Gasteiger partial charge on any atom is -0.457 e. The zero-order chi connectivity index (χ0) is 25.6. The number of H-pyrrole nitrogens is 1. The van der Waals surface area contributed by atoms with Gasteiger partial charge in [0.15, 0.2) is 6.17 Å². The van der Waals surface area contributed by atoms with Crippen LogP contribution in [0.15, 0.2) is 91.4 Å². The quantitative estimate of drug-likeness (QED) is 0.379. The van der Waals surface area contributed by atoms with E-state index in [1.807, 2.05) is 35.2 Å². The Hall–Kier alpha value is -4.50. The van der Waals surface area contributed by atoms with Crippen molar-refractivity contribution < 1.29 is 18.7 Å². The van der Waals surface area contributed by atoms with E-state index in [9.17, 15) is 14.0 Å². The van der Waals surface area contributed by atoms with E-state index in [0.29, 0.717) is 42.5 Å². The minimum absolute atomic E-state index is 0.137. The van der Waals surface area contributed by atoms with Crippen LogP contribution in [-0.2, 0) is 22.6 Å². The Bertz CT molecular complexity index is 1330. The SMILES string of the molecule is O=C(Nc1ccc(Oc2ccc(F)cc2)cc1)C1N(Cc2ccccc2)CCN1C(=O)Cc1cnc[nH]1. The minimum atomic E-state index is -0.759. The van der Waals surface area contributed by atoms with Crippen molar-refractivity contribution in [1.82, 2.24) is 19.8 Å². The summed E-state index contributed by atoms with van der Waals surface area (Å²) in [5.41, 5.74) is 2.33. The van der Waals surface area contributed by atoms with Gasteiger partial charge in [-0.05, 0) is 54.1 Å². The number of ether oxygens (including phenoxy) is 1. The molecule has 1 aromatic heterocycles. The van der Waals surface area contributed by atoms with Crippen LogP contribution in [0.5, 0.6) is 11.5 Å². The van der Waals surface area contributed by atoms with Crippen molar-refractivity contribution in [3.05, 3.63) is 108 Å². The predicted octanol–water partition coefficient (Wildman–Crippen LogP) is 4.19. The second kappa shape index (κ2) is 11.0. The fourth-order valence-corrected chi connectivity index (χ4v) is 4.33. The van der Waals surface area contributed by atoms with Gasteiger partial charge in [0.1, 0.15) is 17.3 Å². The molecule has 2 amide bonds. The van der Waals surface area contributed by atoms with Crippen LogP contribution in [0.25, 0.3) is 0 Å². The fraction of sp³-hybridized carbons (Fsp3) is 0.179. The average molecular weight is 500 g/mol. The molecule has 37 heavy (non-hydrogen) atoms. The highest BCUT2D eigenvalue weighted by atomic mass is 19.1. The number of nitrogens with zero attached hydrogens (tertiary/aromatic N) is 3. The molecule has 0 bridgehead atoms. The number of imidazole rings is 1. The van der Waals surface area contributed by atoms with Gasteiger partial charge in [-0.25, -0.2) is 9.37 Å². The lowest BCUT2D eigenvalue weighted by atomic mass is 10.2. The first-order valence-corrected chi connectivity index (χ1v) is 11.9. The Balaban J connectivity index is 1.30. The fourth-order valence-electron chi connectivity index (χ4n) is 4.33. The summed E-state index contributed by atoms with van der Waals surface area (Å²) in [6.07, 6.45) is 2.52. The summed E-state index contributed by atoms with van der Waals surface area (Å²) in [5, 5.41) is 2.94. The number of nitrogens with one attached hydrogen (secondary N) is 2. The molecule has 4 aromatic rings. The molecule has 1 unspecified atom stereocenters. The summed E-state index contributed by atoms with van der Waals surface area (Å²) in [4.78, 5) is 37.2. The maximum Gasteiger partial charge on any atom is 0.262 e. The summed E-state index contributed by atoms with van der Waals surface area (Å²) in [6.45, 7) is 1.56. The van der Waals surface area contributed by atoms with Crippen molar-refractivity contribution in [2.75, 3.05) is 18.4 Å². The van der Waals surface area contributed by atoms with Gasteiger partial charge in [-0.15, -0.1) is 0 Å². The molecule has 9 heteroatoms. The summed E-state index contributed by atoms with van der Waals surface area (Å²) < 4.78 is 18.8. The van der Waals surface area contributed by atoms with Gasteiger partial charge >= 0.3 is 0 Å². The van der Waals surface area contributed by atoms with Crippen molar-refractivity contribution in [1.29, 1.82) is 0 Å². The number of carbonyl (C=O) groups is 2. The largest absolute Gasteiger partial charge is 0.457 e. The number of hydrogen-bond acceptors (Lipinski definition) is 5. The van der Waals surface area contributed by atoms with Crippen molar-refractivity contribution in [2.24, 2.45) is 0 Å². The van der Waals surface area contributed by atoms with Crippen LogP contribution < -0.4 is 10.1 Å². The van der Waals surface area contributed by atoms with Gasteiger partial charge in [0.05, 0.1) is 12.7 Å². The van der Waals surface area contributed by atoms with E-state index in [2.05, 4.69) is 15.3 Å². The van der Waals surface area contributed by atoms with E-state index in [1.165, 1.54) is 18.5 Å². The normalized spacial score (nSPS) is 15.5. The Morgan fingerprint density at radius 1 is 0.973 bits per heavy atom. The first-order valence-electron chi connectivity index (χ1n) is 11.9. The molecular weight excluding hydrogens is 473 g/mol. The number of rotatable bonds is 8. The van der Waals surface area contributed by atoms with E-state index in [-0.39, 0.29) is 24.1 Å². The highest BCUT2D eigenvalue weighted by Gasteiger charge is 2.40. The van der Waals surface area contributed by atoms with Gasteiger partial charge in [-0.3, -0.25) is 14.5 Å². The third-order valence-corrected chi connectivity index (χ3v) is 6.12. The standard InChI is InChI=1S/C28H26FN5O3/c29-21-6-10-24(11-7-21)37-25-12-8-22(9-13-25)32-27(36)28-33(18-20-4-2-1-3-5-20)14-15-34(28)26(35)16-23-17-30-19-31-23/h1-13,17,19,28H,14-16,18H2,(H,30,31)(H,32,36). The molecule has 2 N–H and O–H groups in total. The molecule has 1 aliphatic rings. The van der Waals surface area contributed by atoms with Crippen LogP contribution in [0, 0.1) is 5.82 Å². The zero-order valence-electron chi connectivity index (χ0n) is 20.0. The summed E-state index contributed by atoms with van der Waals surface area (Å²) in [7, 11) is 0. The van der Waals surface area contributed by atoms with E-state index in [4.69, 9.17) is 4.74 Å². The van der Waals surface area contributed by atoms with Gasteiger partial charge in [0.2, 0.25) is 5.91 Å². The number of aromatic nitrogens is 2. The van der Waals surface area contributed by atoms with Gasteiger partial charge in [-0.1, -0.05) is 30.3 Å². The number of amides is 2. The van der Waals surface area contributed by atoms with E-state index < -0.39 is 6.17 Å². The highest BCUT2D eigenvalue weighted by Crippen LogP contribution is 2.25. The number of anilines is 1. The first-order chi connectivity index (χ1) is 18.0. The molecule has 2 heterocycles. The van der Waals surface area contributed by atoms with Crippen LogP contribution in [0.2, 0.25) is 0 Å². The van der Waals surface area contributed by atoms with Crippen LogP contribution in [-0.4, -0.2) is 50.8 Å². The maximum absolute atomic E-state index is 13.5. The Morgan fingerprint density at radius 3 is 2.35 bits per heavy atom. The van der Waals surface area contributed by atoms with Crippen molar-refractivity contribution in [3.8, 4) is 11.5 Å². The summed E-state index contributed by atoms with van der Waals surface area (Å²) in [6, 6.07) is 22.5. The van der Waals surface area contributed by atoms with Gasteiger partial charge < -0.3 is 19.9 Å². The van der Waals surface area contributed by atoms with Crippen LogP contribution in [0.3, 0.4) is 0 Å². The van der Waals surface area contributed by atoms with Gasteiger partial charge in [0.25, 0.3) is 5.91 Å². The number of hydrogen-bond donors (Lipinski definition) is 2. The Kier molecular flexibility index (Phi) is 7.23. The number of aromatic amines is 1. The monoisotopic (exact) mass is 499 g/mol. The molecule has 188 valence electrons. The molecule has 8 nitrogen and oxygen atoms in total. The number of benzene rings is 3. The summed E-state index contributed by atoms with van der Waals surface area (Å²) in [5.74, 6) is 0.275. The third kappa shape index (κ3) is 6.02. The molecule has 5 rings (SSSR count). The molecule has 3 aromatic carbocycles. The van der Waals surface area contributed by atoms with E-state index in [0.717, 1.165) is 5.56 Å². The molecule has 0 spiro atoms. The second-order valence-corrected chi connectivity index (χ2v) is 8.74. The molecular formula is C28H26FN5O3. The third-order valence-electron chi connectivity index (χ3n) is 6.12. The lowest BCUT2D eigenvalue weighted by Gasteiger charge is -2.29. The van der Waals surface area contributed by atoms with Crippen molar-refractivity contribution in [3.63, 3.8) is 0 Å². The lowest BCUT2D eigenvalue weighted by Crippen LogP contribution is -2.50.